The van der Waals surface area contributed by atoms with Crippen LogP contribution in [-0.4, -0.2) is 22.7 Å². The minimum absolute atomic E-state index is 0.267. The van der Waals surface area contributed by atoms with Crippen LogP contribution >= 0.6 is 0 Å². The smallest absolute Gasteiger partial charge is 0.141 e. The van der Waals surface area contributed by atoms with Gasteiger partial charge >= 0.3 is 0 Å². The van der Waals surface area contributed by atoms with Crippen molar-refractivity contribution >= 4 is 11.8 Å². The van der Waals surface area contributed by atoms with Gasteiger partial charge in [0.2, 0.25) is 0 Å². The van der Waals surface area contributed by atoms with Crippen LogP contribution in [0, 0.1) is 11.7 Å². The number of H-pyrrole nitrogens is 1. The molecule has 2 N–H and O–H groups in total. The summed E-state index contributed by atoms with van der Waals surface area (Å²) in [6, 6.07) is 3.35. The van der Waals surface area contributed by atoms with E-state index in [9.17, 15) is 4.39 Å². The molecule has 0 radical (unpaired) electrons. The van der Waals surface area contributed by atoms with E-state index in [-0.39, 0.29) is 5.82 Å². The molecule has 0 saturated heterocycles. The van der Waals surface area contributed by atoms with E-state index in [0.717, 1.165) is 54.3 Å². The number of nitrogens with one attached hydrogen (secondary N) is 2. The summed E-state index contributed by atoms with van der Waals surface area (Å²) < 4.78 is 13.1. The van der Waals surface area contributed by atoms with Crippen LogP contribution in [0.5, 0.6) is 0 Å². The van der Waals surface area contributed by atoms with Crippen molar-refractivity contribution < 1.29 is 4.39 Å². The number of rotatable bonds is 2. The van der Waals surface area contributed by atoms with Gasteiger partial charge in [0.1, 0.15) is 5.82 Å². The predicted molar refractivity (Wildman–Crippen MR) is 102 cm³/mol. The van der Waals surface area contributed by atoms with E-state index in [1.807, 2.05) is 12.3 Å². The third-order valence-corrected chi connectivity index (χ3v) is 5.92. The minimum Gasteiger partial charge on any atom is -0.352 e. The van der Waals surface area contributed by atoms with Crippen molar-refractivity contribution in [3.63, 3.8) is 0 Å². The van der Waals surface area contributed by atoms with Crippen LogP contribution in [-0.2, 0) is 6.54 Å². The third-order valence-electron chi connectivity index (χ3n) is 5.92. The van der Waals surface area contributed by atoms with Gasteiger partial charge in [-0.15, -0.1) is 0 Å². The Morgan fingerprint density at radius 2 is 1.93 bits per heavy atom. The van der Waals surface area contributed by atoms with Crippen molar-refractivity contribution in [2.24, 2.45) is 16.0 Å². The summed E-state index contributed by atoms with van der Waals surface area (Å²) in [6.07, 6.45) is 12.0. The summed E-state index contributed by atoms with van der Waals surface area (Å²) in [7, 11) is 0. The maximum atomic E-state index is 13.1. The standard InChI is InChI=1S/C21H22FN5/c22-15-7-8-18(24-10-15)14-5-3-13(4-6-14)16-2-1-9-23-20-17-11-25-26-12-19(17)27-21(16)20/h1-2,7-8,10,12-14,25,27H,3-6,9,11H2. The van der Waals surface area contributed by atoms with Gasteiger partial charge in [0.05, 0.1) is 41.9 Å². The Kier molecular flexibility index (Phi) is 4.11. The van der Waals surface area contributed by atoms with Crippen LogP contribution in [0.25, 0.3) is 5.57 Å². The van der Waals surface area contributed by atoms with E-state index in [2.05, 4.69) is 32.6 Å². The molecule has 5 nitrogen and oxygen atoms in total. The molecule has 0 amide bonds. The van der Waals surface area contributed by atoms with Crippen LogP contribution in [0.15, 0.2) is 40.6 Å². The Hall–Kier alpha value is -2.76. The lowest BCUT2D eigenvalue weighted by molar-refractivity contribution is 0.378. The fourth-order valence-electron chi connectivity index (χ4n) is 4.53. The molecule has 138 valence electrons. The molecule has 2 aromatic rings. The molecule has 1 saturated carbocycles. The maximum Gasteiger partial charge on any atom is 0.141 e. The number of hydrogen-bond acceptors (Lipinski definition) is 4. The minimum atomic E-state index is -0.267. The molecule has 27 heavy (non-hydrogen) atoms. The Morgan fingerprint density at radius 3 is 2.74 bits per heavy atom. The van der Waals surface area contributed by atoms with E-state index in [0.29, 0.717) is 18.4 Å². The first-order chi connectivity index (χ1) is 13.3. The largest absolute Gasteiger partial charge is 0.352 e. The van der Waals surface area contributed by atoms with Crippen LogP contribution in [0.2, 0.25) is 0 Å². The van der Waals surface area contributed by atoms with Gasteiger partial charge < -0.3 is 10.4 Å². The highest BCUT2D eigenvalue weighted by atomic mass is 19.1. The number of allylic oxidation sites excluding steroid dienone is 1. The van der Waals surface area contributed by atoms with Crippen molar-refractivity contribution in [2.75, 3.05) is 6.54 Å². The topological polar surface area (TPSA) is 65.4 Å². The first-order valence-electron chi connectivity index (χ1n) is 9.63. The molecule has 0 aromatic carbocycles. The zero-order valence-corrected chi connectivity index (χ0v) is 15.1. The second-order valence-corrected chi connectivity index (χ2v) is 7.48. The van der Waals surface area contributed by atoms with E-state index in [1.54, 1.807) is 0 Å². The first-order valence-corrected chi connectivity index (χ1v) is 9.63. The van der Waals surface area contributed by atoms with E-state index >= 15 is 0 Å². The van der Waals surface area contributed by atoms with E-state index in [4.69, 9.17) is 4.99 Å². The average molecular weight is 363 g/mol. The number of halogens is 1. The fourth-order valence-corrected chi connectivity index (χ4v) is 4.53. The average Bonchev–Trinajstić information content (AvgIpc) is 2.94. The number of hydrogen-bond donors (Lipinski definition) is 2. The molecule has 3 aliphatic rings. The molecular weight excluding hydrogens is 341 g/mol. The number of hydrazone groups is 1. The van der Waals surface area contributed by atoms with Crippen molar-refractivity contribution in [1.29, 1.82) is 0 Å². The molecule has 1 fully saturated rings. The number of pyridine rings is 1. The maximum absolute atomic E-state index is 13.1. The van der Waals surface area contributed by atoms with Gasteiger partial charge in [0, 0.05) is 17.2 Å². The molecule has 2 aromatic heterocycles. The predicted octanol–water partition coefficient (Wildman–Crippen LogP) is 2.30. The molecule has 5 rings (SSSR count). The molecule has 6 heteroatoms. The van der Waals surface area contributed by atoms with Gasteiger partial charge in [-0.1, -0.05) is 12.2 Å². The zero-order chi connectivity index (χ0) is 18.2. The quantitative estimate of drug-likeness (QED) is 0.860. The summed E-state index contributed by atoms with van der Waals surface area (Å²) in [5, 5.41) is 6.41. The van der Waals surface area contributed by atoms with Crippen molar-refractivity contribution in [2.45, 2.75) is 38.1 Å². The molecule has 0 atom stereocenters. The normalized spacial score (nSPS) is 23.8. The van der Waals surface area contributed by atoms with Gasteiger partial charge in [-0.05, 0) is 49.3 Å². The number of nitrogens with zero attached hydrogens (tertiary/aromatic N) is 3. The number of aromatic amines is 1. The molecule has 0 spiro atoms. The fraction of sp³-hybridized carbons (Fsp3) is 0.381. The summed E-state index contributed by atoms with van der Waals surface area (Å²) in [6.45, 7) is 1.43. The highest BCUT2D eigenvalue weighted by molar-refractivity contribution is 5.80. The van der Waals surface area contributed by atoms with Gasteiger partial charge in [-0.2, -0.15) is 5.10 Å². The number of aromatic nitrogens is 2. The third kappa shape index (κ3) is 2.99. The second kappa shape index (κ2) is 6.76. The van der Waals surface area contributed by atoms with Crippen LogP contribution < -0.4 is 16.1 Å². The molecule has 4 heterocycles. The Bertz CT molecular complexity index is 1020. The Balaban J connectivity index is 1.45. The molecule has 0 bridgehead atoms. The van der Waals surface area contributed by atoms with Gasteiger partial charge in [0.25, 0.3) is 0 Å². The molecular formula is C21H22FN5. The van der Waals surface area contributed by atoms with Crippen molar-refractivity contribution in [1.82, 2.24) is 15.4 Å². The Labute approximate surface area is 156 Å². The van der Waals surface area contributed by atoms with Crippen LogP contribution in [0.3, 0.4) is 0 Å². The van der Waals surface area contributed by atoms with Crippen LogP contribution in [0.4, 0.5) is 4.39 Å². The SMILES string of the molecule is Fc1ccc(C2CCC(C3=c4[nH]c5c(c4=NCC=C3)CNN=C5)CC2)nc1. The van der Waals surface area contributed by atoms with Crippen molar-refractivity contribution in [3.8, 4) is 0 Å². The van der Waals surface area contributed by atoms with Gasteiger partial charge in [-0.25, -0.2) is 4.39 Å². The summed E-state index contributed by atoms with van der Waals surface area (Å²) in [5.41, 5.74) is 7.71. The summed E-state index contributed by atoms with van der Waals surface area (Å²) in [5.74, 6) is 0.668. The van der Waals surface area contributed by atoms with Crippen LogP contribution in [0.1, 0.15) is 48.6 Å². The molecule has 2 aliphatic heterocycles. The number of fused-ring (bicyclic) bond motifs is 3. The lowest BCUT2D eigenvalue weighted by atomic mass is 9.77. The van der Waals surface area contributed by atoms with Crippen molar-refractivity contribution in [3.05, 3.63) is 64.0 Å². The lowest BCUT2D eigenvalue weighted by Gasteiger charge is -2.28. The first kappa shape index (κ1) is 16.4. The zero-order valence-electron chi connectivity index (χ0n) is 15.1. The molecule has 1 aliphatic carbocycles. The molecule has 0 unspecified atom stereocenters. The van der Waals surface area contributed by atoms with Gasteiger partial charge in [-0.3, -0.25) is 9.98 Å². The van der Waals surface area contributed by atoms with E-state index < -0.39 is 0 Å². The summed E-state index contributed by atoms with van der Waals surface area (Å²) in [4.78, 5) is 12.7. The highest BCUT2D eigenvalue weighted by Crippen LogP contribution is 2.38. The lowest BCUT2D eigenvalue weighted by Crippen LogP contribution is -2.31. The monoisotopic (exact) mass is 363 g/mol. The summed E-state index contributed by atoms with van der Waals surface area (Å²) >= 11 is 0. The second-order valence-electron chi connectivity index (χ2n) is 7.48. The van der Waals surface area contributed by atoms with Gasteiger partial charge in [0.15, 0.2) is 0 Å². The van der Waals surface area contributed by atoms with E-state index in [1.165, 1.54) is 23.4 Å². The Morgan fingerprint density at radius 1 is 1.07 bits per heavy atom. The highest BCUT2D eigenvalue weighted by Gasteiger charge is 2.26.